The van der Waals surface area contributed by atoms with Gasteiger partial charge in [-0.1, -0.05) is 12.1 Å². The van der Waals surface area contributed by atoms with Crippen molar-refractivity contribution in [3.05, 3.63) is 36.0 Å². The van der Waals surface area contributed by atoms with Crippen LogP contribution < -0.4 is 5.32 Å². The van der Waals surface area contributed by atoms with Crippen LogP contribution >= 0.6 is 11.8 Å². The fourth-order valence-corrected chi connectivity index (χ4v) is 2.77. The number of hydrogen-bond donors (Lipinski definition) is 2. The fraction of sp³-hybridized carbons (Fsp3) is 0.214. The van der Waals surface area contributed by atoms with E-state index in [1.54, 1.807) is 0 Å². The molecule has 6 heteroatoms. The van der Waals surface area contributed by atoms with Crippen molar-refractivity contribution in [1.29, 1.82) is 0 Å². The van der Waals surface area contributed by atoms with Crippen LogP contribution in [0, 0.1) is 6.92 Å². The number of hydrogen-bond acceptors (Lipinski definition) is 5. The first-order valence-electron chi connectivity index (χ1n) is 6.47. The maximum atomic E-state index is 4.54. The highest BCUT2D eigenvalue weighted by Gasteiger charge is 2.07. The number of benzene rings is 1. The molecule has 5 nitrogen and oxygen atoms in total. The van der Waals surface area contributed by atoms with Crippen LogP contribution in [0.15, 0.2) is 40.5 Å². The summed E-state index contributed by atoms with van der Waals surface area (Å²) < 4.78 is 0. The van der Waals surface area contributed by atoms with Gasteiger partial charge in [-0.05, 0) is 43.8 Å². The summed E-state index contributed by atoms with van der Waals surface area (Å²) in [5.41, 5.74) is 2.94. The Labute approximate surface area is 121 Å². The molecule has 2 aromatic heterocycles. The second-order valence-electron chi connectivity index (χ2n) is 4.36. The smallest absolute Gasteiger partial charge is 0.223 e. The SMILES string of the molecule is CCNc1nc(C)cc(Sc2nc3ccccc3[nH]2)n1. The van der Waals surface area contributed by atoms with Gasteiger partial charge in [-0.15, -0.1) is 0 Å². The number of nitrogens with one attached hydrogen (secondary N) is 2. The summed E-state index contributed by atoms with van der Waals surface area (Å²) in [6.45, 7) is 4.79. The Bertz CT molecular complexity index is 704. The Morgan fingerprint density at radius 2 is 2.05 bits per heavy atom. The number of H-pyrrole nitrogens is 1. The summed E-state index contributed by atoms with van der Waals surface area (Å²) in [4.78, 5) is 16.6. The van der Waals surface area contributed by atoms with Crippen molar-refractivity contribution in [2.24, 2.45) is 0 Å². The first-order valence-corrected chi connectivity index (χ1v) is 7.28. The number of aromatic amines is 1. The van der Waals surface area contributed by atoms with Gasteiger partial charge in [0.05, 0.1) is 11.0 Å². The van der Waals surface area contributed by atoms with Crippen molar-refractivity contribution in [1.82, 2.24) is 19.9 Å². The third-order valence-electron chi connectivity index (χ3n) is 2.73. The lowest BCUT2D eigenvalue weighted by molar-refractivity contribution is 0.976. The second-order valence-corrected chi connectivity index (χ2v) is 5.37. The van der Waals surface area contributed by atoms with Crippen LogP contribution in [0.3, 0.4) is 0 Å². The third kappa shape index (κ3) is 2.75. The van der Waals surface area contributed by atoms with E-state index in [-0.39, 0.29) is 0 Å². The van der Waals surface area contributed by atoms with Gasteiger partial charge in [0, 0.05) is 12.2 Å². The maximum absolute atomic E-state index is 4.54. The van der Waals surface area contributed by atoms with E-state index >= 15 is 0 Å². The van der Waals surface area contributed by atoms with E-state index in [4.69, 9.17) is 0 Å². The fourth-order valence-electron chi connectivity index (χ4n) is 1.91. The summed E-state index contributed by atoms with van der Waals surface area (Å²) in [5.74, 6) is 0.658. The summed E-state index contributed by atoms with van der Waals surface area (Å²) >= 11 is 1.51. The van der Waals surface area contributed by atoms with Crippen LogP contribution in [0.1, 0.15) is 12.6 Å². The Balaban J connectivity index is 1.90. The van der Waals surface area contributed by atoms with E-state index in [1.807, 2.05) is 44.2 Å². The monoisotopic (exact) mass is 285 g/mol. The zero-order valence-electron chi connectivity index (χ0n) is 11.3. The highest BCUT2D eigenvalue weighted by atomic mass is 32.2. The molecule has 0 saturated carbocycles. The van der Waals surface area contributed by atoms with E-state index in [2.05, 4.69) is 25.3 Å². The molecule has 0 aliphatic rings. The molecule has 0 amide bonds. The van der Waals surface area contributed by atoms with Crippen molar-refractivity contribution >= 4 is 28.7 Å². The highest BCUT2D eigenvalue weighted by Crippen LogP contribution is 2.26. The lowest BCUT2D eigenvalue weighted by Crippen LogP contribution is -2.03. The maximum Gasteiger partial charge on any atom is 0.223 e. The molecule has 0 saturated heterocycles. The molecule has 3 aromatic rings. The summed E-state index contributed by atoms with van der Waals surface area (Å²) in [7, 11) is 0. The average Bonchev–Trinajstić information content (AvgIpc) is 2.80. The second kappa shape index (κ2) is 5.50. The number of aryl methyl sites for hydroxylation is 1. The van der Waals surface area contributed by atoms with Gasteiger partial charge in [-0.2, -0.15) is 0 Å². The molecule has 2 heterocycles. The van der Waals surface area contributed by atoms with Crippen molar-refractivity contribution in [2.45, 2.75) is 24.0 Å². The standard InChI is InChI=1S/C14H15N5S/c1-3-15-13-16-9(2)8-12(19-13)20-14-17-10-6-4-5-7-11(10)18-14/h4-8H,3H2,1-2H3,(H,17,18)(H,15,16,19). The summed E-state index contributed by atoms with van der Waals surface area (Å²) in [5, 5.41) is 4.86. The molecule has 3 rings (SSSR count). The minimum absolute atomic E-state index is 0.658. The van der Waals surface area contributed by atoms with Crippen LogP contribution in [0.25, 0.3) is 11.0 Å². The van der Waals surface area contributed by atoms with E-state index < -0.39 is 0 Å². The molecule has 0 atom stereocenters. The molecule has 0 fully saturated rings. The molecule has 102 valence electrons. The van der Waals surface area contributed by atoms with Crippen molar-refractivity contribution in [3.8, 4) is 0 Å². The number of aromatic nitrogens is 4. The third-order valence-corrected chi connectivity index (χ3v) is 3.54. The Kier molecular flexibility index (Phi) is 3.56. The van der Waals surface area contributed by atoms with Crippen molar-refractivity contribution in [3.63, 3.8) is 0 Å². The Hall–Kier alpha value is -2.08. The lowest BCUT2D eigenvalue weighted by Gasteiger charge is -2.04. The molecular formula is C14H15N5S. The largest absolute Gasteiger partial charge is 0.354 e. The van der Waals surface area contributed by atoms with E-state index in [0.29, 0.717) is 5.95 Å². The number of para-hydroxylation sites is 2. The van der Waals surface area contributed by atoms with Crippen LogP contribution in [-0.2, 0) is 0 Å². The van der Waals surface area contributed by atoms with Gasteiger partial charge in [0.15, 0.2) is 5.16 Å². The normalized spacial score (nSPS) is 10.9. The van der Waals surface area contributed by atoms with Crippen molar-refractivity contribution < 1.29 is 0 Å². The van der Waals surface area contributed by atoms with Crippen LogP contribution in [0.2, 0.25) is 0 Å². The summed E-state index contributed by atoms with van der Waals surface area (Å²) in [6, 6.07) is 9.94. The predicted molar refractivity (Wildman–Crippen MR) is 81.1 cm³/mol. The molecule has 0 aliphatic carbocycles. The molecule has 0 radical (unpaired) electrons. The van der Waals surface area contributed by atoms with Gasteiger partial charge >= 0.3 is 0 Å². The first kappa shape index (κ1) is 12.9. The number of nitrogens with zero attached hydrogens (tertiary/aromatic N) is 3. The van der Waals surface area contributed by atoms with E-state index in [1.165, 1.54) is 11.8 Å². The van der Waals surface area contributed by atoms with Gasteiger partial charge in [0.2, 0.25) is 5.95 Å². The number of anilines is 1. The number of imidazole rings is 1. The van der Waals surface area contributed by atoms with Gasteiger partial charge in [-0.3, -0.25) is 0 Å². The van der Waals surface area contributed by atoms with E-state index in [0.717, 1.165) is 33.5 Å². The molecule has 0 bridgehead atoms. The first-order chi connectivity index (χ1) is 9.74. The van der Waals surface area contributed by atoms with Gasteiger partial charge < -0.3 is 10.3 Å². The summed E-state index contributed by atoms with van der Waals surface area (Å²) in [6.07, 6.45) is 0. The molecule has 0 unspecified atom stereocenters. The van der Waals surface area contributed by atoms with Gasteiger partial charge in [-0.25, -0.2) is 15.0 Å². The Morgan fingerprint density at radius 1 is 1.20 bits per heavy atom. The van der Waals surface area contributed by atoms with Gasteiger partial charge in [0.25, 0.3) is 0 Å². The van der Waals surface area contributed by atoms with Crippen molar-refractivity contribution in [2.75, 3.05) is 11.9 Å². The van der Waals surface area contributed by atoms with Gasteiger partial charge in [0.1, 0.15) is 5.03 Å². The number of rotatable bonds is 4. The molecule has 2 N–H and O–H groups in total. The quantitative estimate of drug-likeness (QED) is 0.720. The van der Waals surface area contributed by atoms with Crippen LogP contribution in [-0.4, -0.2) is 26.5 Å². The lowest BCUT2D eigenvalue weighted by atomic mass is 10.3. The van der Waals surface area contributed by atoms with E-state index in [9.17, 15) is 0 Å². The zero-order chi connectivity index (χ0) is 13.9. The molecular weight excluding hydrogens is 270 g/mol. The molecule has 0 aliphatic heterocycles. The Morgan fingerprint density at radius 3 is 2.85 bits per heavy atom. The van der Waals surface area contributed by atoms with Crippen LogP contribution in [0.5, 0.6) is 0 Å². The predicted octanol–water partition coefficient (Wildman–Crippen LogP) is 3.24. The molecule has 0 spiro atoms. The molecule has 20 heavy (non-hydrogen) atoms. The minimum Gasteiger partial charge on any atom is -0.354 e. The van der Waals surface area contributed by atoms with Crippen LogP contribution in [0.4, 0.5) is 5.95 Å². The average molecular weight is 285 g/mol. The highest BCUT2D eigenvalue weighted by molar-refractivity contribution is 7.99. The topological polar surface area (TPSA) is 66.5 Å². The number of fused-ring (bicyclic) bond motifs is 1. The minimum atomic E-state index is 0.658. The molecule has 1 aromatic carbocycles. The zero-order valence-corrected chi connectivity index (χ0v) is 12.2.